The molecular weight excluding hydrogens is 1460 g/mol. The van der Waals surface area contributed by atoms with E-state index in [1.165, 1.54) is 52.8 Å². The van der Waals surface area contributed by atoms with E-state index in [1.807, 2.05) is 63.6 Å². The Balaban J connectivity index is -0.000000292. The fraction of sp³-hybridized carbons (Fsp3) is 0.602. The smallest absolute Gasteiger partial charge is 0.744 e. The maximum atomic E-state index is 11.5. The Morgan fingerprint density at radius 1 is 0.613 bits per heavy atom. The number of Topliss-reactive ketones (excluding diaryl/α,β-unsaturated/α-hetero) is 1. The molecule has 0 spiro atoms. The third-order valence-electron chi connectivity index (χ3n) is 19.6. The number of benzene rings is 3. The van der Waals surface area contributed by atoms with Gasteiger partial charge in [0.2, 0.25) is 0 Å². The number of hydrogen-bond donors (Lipinski definition) is 5. The molecule has 23 heteroatoms. The number of likely N-dealkylation sites (N-methyl/N-ethyl adjacent to an activating group) is 1. The second-order valence-corrected chi connectivity index (χ2v) is 29.5. The van der Waals surface area contributed by atoms with Crippen molar-refractivity contribution in [3.05, 3.63) is 161 Å². The van der Waals surface area contributed by atoms with Crippen molar-refractivity contribution in [1.29, 1.82) is 0 Å². The number of pyridine rings is 2. The Bertz CT molecular complexity index is 3360. The van der Waals surface area contributed by atoms with Crippen LogP contribution in [0.25, 0.3) is 0 Å². The number of methoxy groups -OCH3 is 1. The standard InChI is InChI=1S/C22H30N2O2.C14H16O3.C11H15Cl.C10H14O3S.C9H14O4.C8H18N2O.C5H13N.C5H10O2.4CH4.Na/c1-3-19(17-18(2)20-8-12-23-13-9-20)21-10-15-24(16-11-21)14-6-4-5-7-22(25)26;1-9(11-6-4-3-5-7-11)8-12-10(2)13(15)17-14(12)16;1-3-9(2)11-6-4-10(8-12)5-7-11;1-3-8(2)9-4-6-10(7-5-9)14(11,12)13;1-5(12-3)4-7-6(2)8(10)13-9(7)11;1-7(11)8(10-2)5-3-4-6-9;1-3-5(2)4-6;1-3-4(2)5(6)7;;;;;/h8-13,15-16,18-19H,3-7,14,17H2,1-2H3;3-7,9-10,12H,8H2,1-2H3;4-7,9H,3,8H2,1-2H3;4-8H,3H2,1-2H3,(H,11,12,13);5-7H,4H2,1-3H3;8,10H,3-6,9H2,1-2H3;5H,3-4,6H2,1-2H3;4H,3H2,1-2H3,(H,6,7);4*1H4;/q;;;;;;;;;;;;+1. The van der Waals surface area contributed by atoms with Crippen LogP contribution in [-0.4, -0.2) is 109 Å². The number of alkyl halides is 1. The van der Waals surface area contributed by atoms with Gasteiger partial charge < -0.3 is 45.8 Å². The van der Waals surface area contributed by atoms with Crippen LogP contribution in [-0.2, 0) is 70.3 Å². The molecule has 0 radical (unpaired) electrons. The number of ketones is 1. The van der Waals surface area contributed by atoms with Crippen LogP contribution in [0.5, 0.6) is 0 Å². The molecule has 7 rings (SSSR count). The molecule has 7 N–H and O–H groups in total. The SMILES string of the molecule is C.C.C.C.CC(CC1C(=O)OC(=O)C1C)c1ccccc1.CCC(C)C(=O)O.CCC(C)CN.CCC(C)c1ccc(CCl)cc1.CCC(C)c1ccc(S(=O)(=O)[O-])cc1.CCC(CC(C)c1ccncc1)c1cc[n+](CCCCCC(=O)O)cc1.CNC(CCCCN)C(C)=O.COC(C)CC1C(=O)OC(=O)C1C.[Na+]. The molecule has 0 bridgehead atoms. The van der Waals surface area contributed by atoms with Gasteiger partial charge in [0.15, 0.2) is 12.4 Å². The predicted molar refractivity (Wildman–Crippen MR) is 448 cm³/mol. The van der Waals surface area contributed by atoms with E-state index in [-0.39, 0.29) is 136 Å². The van der Waals surface area contributed by atoms with E-state index in [0.29, 0.717) is 54.9 Å². The van der Waals surface area contributed by atoms with E-state index in [9.17, 15) is 46.5 Å². The second-order valence-electron chi connectivity index (χ2n) is 27.8. The number of carbonyl (C=O) groups is 7. The molecule has 2 aromatic heterocycles. The van der Waals surface area contributed by atoms with Gasteiger partial charge in [-0.05, 0) is 198 Å². The summed E-state index contributed by atoms with van der Waals surface area (Å²) in [6, 6.07) is 33.4. The van der Waals surface area contributed by atoms with Gasteiger partial charge >= 0.3 is 65.4 Å². The van der Waals surface area contributed by atoms with Crippen LogP contribution >= 0.6 is 11.6 Å². The number of nitrogens with one attached hydrogen (secondary N) is 1. The van der Waals surface area contributed by atoms with Gasteiger partial charge in [0.25, 0.3) is 0 Å². The van der Waals surface area contributed by atoms with Crippen LogP contribution in [0.15, 0.2) is 133 Å². The van der Waals surface area contributed by atoms with Crippen molar-refractivity contribution >= 4 is 63.3 Å². The Hall–Kier alpha value is -6.11. The minimum Gasteiger partial charge on any atom is -0.744 e. The van der Waals surface area contributed by atoms with E-state index in [0.717, 1.165) is 82.9 Å². The van der Waals surface area contributed by atoms with Crippen molar-refractivity contribution in [2.45, 2.75) is 289 Å². The third kappa shape index (κ3) is 48.7. The van der Waals surface area contributed by atoms with Crippen molar-refractivity contribution in [3.8, 4) is 0 Å². The summed E-state index contributed by atoms with van der Waals surface area (Å²) < 4.78 is 48.2. The summed E-state index contributed by atoms with van der Waals surface area (Å²) in [5, 5.41) is 19.8. The normalized spacial score (nSPS) is 16.7. The van der Waals surface area contributed by atoms with Crippen LogP contribution < -0.4 is 50.9 Å². The van der Waals surface area contributed by atoms with Gasteiger partial charge in [0, 0.05) is 50.4 Å². The van der Waals surface area contributed by atoms with Gasteiger partial charge in [-0.25, -0.2) is 13.0 Å². The summed E-state index contributed by atoms with van der Waals surface area (Å²) in [6.07, 6.45) is 21.6. The topological polar surface area (TPSA) is 326 Å². The average molecular weight is 1600 g/mol. The molecule has 2 saturated heterocycles. The number of hydrogen-bond acceptors (Lipinski definition) is 17. The number of cyclic esters (lactones) is 4. The van der Waals surface area contributed by atoms with E-state index >= 15 is 0 Å². The number of aromatic nitrogens is 2. The van der Waals surface area contributed by atoms with Crippen molar-refractivity contribution in [2.75, 3.05) is 27.2 Å². The second kappa shape index (κ2) is 66.2. The number of carbonyl (C=O) groups excluding carboxylic acids is 5. The Morgan fingerprint density at radius 3 is 1.45 bits per heavy atom. The number of nitrogens with two attached hydrogens (primary N) is 2. The number of aliphatic carboxylic acids is 2. The zero-order chi connectivity index (χ0) is 80.5. The summed E-state index contributed by atoms with van der Waals surface area (Å²) >= 11 is 5.69. The molecule has 2 aliphatic rings. The number of aryl methyl sites for hydroxylation is 1. The van der Waals surface area contributed by atoms with E-state index in [1.54, 1.807) is 46.9 Å². The molecule has 626 valence electrons. The maximum Gasteiger partial charge on any atom is 1.00 e. The largest absolute Gasteiger partial charge is 1.00 e. The number of carboxylic acid groups (broad SMARTS) is 2. The number of rotatable bonds is 33. The molecule has 5 aromatic rings. The summed E-state index contributed by atoms with van der Waals surface area (Å²) in [6.45, 7) is 32.5. The number of halogens is 1. The molecule has 0 saturated carbocycles. The molecular formula is C88H146ClN5NaO15S+. The molecule has 13 atom stereocenters. The number of unbranched alkanes of at least 4 members (excludes halogenated alkanes) is 3. The van der Waals surface area contributed by atoms with Crippen molar-refractivity contribution in [3.63, 3.8) is 0 Å². The molecule has 111 heavy (non-hydrogen) atoms. The van der Waals surface area contributed by atoms with E-state index < -0.39 is 34.0 Å². The maximum absolute atomic E-state index is 11.5. The summed E-state index contributed by atoms with van der Waals surface area (Å²) in [5.74, 6) is -0.529. The average Bonchev–Trinajstić information content (AvgIpc) is 1.74. The number of esters is 4. The zero-order valence-corrected chi connectivity index (χ0v) is 71.2. The molecule has 2 aliphatic heterocycles. The first kappa shape index (κ1) is 116. The minimum absolute atomic E-state index is 0. The summed E-state index contributed by atoms with van der Waals surface area (Å²) in [5.41, 5.74) is 18.2. The minimum atomic E-state index is -4.30. The van der Waals surface area contributed by atoms with Gasteiger partial charge in [0.05, 0.1) is 46.6 Å². The quantitative estimate of drug-likeness (QED) is 0.00495. The van der Waals surface area contributed by atoms with Crippen molar-refractivity contribution < 1.29 is 105 Å². The monoisotopic (exact) mass is 1600 g/mol. The van der Waals surface area contributed by atoms with Crippen LogP contribution in [0.3, 0.4) is 0 Å². The van der Waals surface area contributed by atoms with Crippen LogP contribution in [0.2, 0.25) is 0 Å². The first-order valence-corrected chi connectivity index (χ1v) is 39.8. The fourth-order valence-electron chi connectivity index (χ4n) is 10.8. The Kier molecular flexibility index (Phi) is 69.0. The van der Waals surface area contributed by atoms with Crippen LogP contribution in [0.1, 0.15) is 293 Å². The van der Waals surface area contributed by atoms with Crippen LogP contribution in [0, 0.1) is 35.5 Å². The number of nitrogens with zero attached hydrogens (tertiary/aromatic N) is 2. The number of carboxylic acids is 2. The van der Waals surface area contributed by atoms with Gasteiger partial charge in [-0.15, -0.1) is 11.6 Å². The molecule has 3 aromatic carbocycles. The predicted octanol–water partition coefficient (Wildman–Crippen LogP) is 16.0. The zero-order valence-electron chi connectivity index (χ0n) is 67.6. The van der Waals surface area contributed by atoms with Crippen molar-refractivity contribution in [1.82, 2.24) is 10.3 Å². The Labute approximate surface area is 698 Å². The van der Waals surface area contributed by atoms with Crippen molar-refractivity contribution in [2.24, 2.45) is 47.0 Å². The third-order valence-corrected chi connectivity index (χ3v) is 20.8. The first-order chi connectivity index (χ1) is 50.2. The van der Waals surface area contributed by atoms with Gasteiger partial charge in [0.1, 0.15) is 22.4 Å². The molecule has 0 aliphatic carbocycles. The fourth-order valence-corrected chi connectivity index (χ4v) is 11.5. The molecule has 2 fully saturated rings. The van der Waals surface area contributed by atoms with E-state index in [4.69, 9.17) is 38.0 Å². The molecule has 0 amide bonds. The summed E-state index contributed by atoms with van der Waals surface area (Å²) in [4.78, 5) is 80.2. The van der Waals surface area contributed by atoms with Gasteiger partial charge in [-0.3, -0.25) is 38.5 Å². The van der Waals surface area contributed by atoms with Crippen LogP contribution in [0.4, 0.5) is 0 Å². The van der Waals surface area contributed by atoms with Gasteiger partial charge in [-0.2, -0.15) is 0 Å². The van der Waals surface area contributed by atoms with E-state index in [2.05, 4.69) is 148 Å². The first-order valence-electron chi connectivity index (χ1n) is 37.9. The summed E-state index contributed by atoms with van der Waals surface area (Å²) in [7, 11) is -0.907. The molecule has 20 nitrogen and oxygen atoms in total. The molecule has 4 heterocycles. The molecule has 13 unspecified atom stereocenters. The van der Waals surface area contributed by atoms with Gasteiger partial charge in [-0.1, -0.05) is 199 Å². The number of ether oxygens (including phenoxy) is 3. The Morgan fingerprint density at radius 2 is 1.09 bits per heavy atom.